The van der Waals surface area contributed by atoms with Crippen LogP contribution in [0.2, 0.25) is 0 Å². The second-order valence-corrected chi connectivity index (χ2v) is 13.8. The summed E-state index contributed by atoms with van der Waals surface area (Å²) in [6, 6.07) is 17.1. The Morgan fingerprint density at radius 1 is 1.06 bits per heavy atom. The van der Waals surface area contributed by atoms with E-state index in [9.17, 15) is 4.39 Å². The fraction of sp³-hybridized carbons (Fsp3) is 0.520. The quantitative estimate of drug-likeness (QED) is 0.162. The topological polar surface area (TPSA) is 27.3 Å². The van der Waals surface area contributed by atoms with Gasteiger partial charge in [-0.1, -0.05) is 42.8 Å². The molecule has 0 aromatic heterocycles. The van der Waals surface area contributed by atoms with E-state index in [0.717, 1.165) is 37.3 Å². The molecule has 3 rings (SSSR count). The third kappa shape index (κ3) is 7.82. The summed E-state index contributed by atoms with van der Waals surface area (Å²) in [4.78, 5) is 2.23. The molecule has 0 aliphatic carbocycles. The van der Waals surface area contributed by atoms with Crippen molar-refractivity contribution in [3.63, 3.8) is 0 Å². The molecule has 6 heteroatoms. The van der Waals surface area contributed by atoms with Gasteiger partial charge in [0.05, 0.1) is 6.04 Å². The van der Waals surface area contributed by atoms with E-state index in [1.807, 2.05) is 51.2 Å². The van der Waals surface area contributed by atoms with Crippen molar-refractivity contribution < 1.29 is 4.39 Å². The first-order valence-corrected chi connectivity index (χ1v) is 13.4. The second kappa shape index (κ2) is 12.1. The van der Waals surface area contributed by atoms with Crippen LogP contribution in [0.1, 0.15) is 48.4 Å². The van der Waals surface area contributed by atoms with Gasteiger partial charge in [0.2, 0.25) is 1.68 Å². The fourth-order valence-electron chi connectivity index (χ4n) is 4.35. The summed E-state index contributed by atoms with van der Waals surface area (Å²) in [5, 5.41) is 7.35. The van der Waals surface area contributed by atoms with Crippen molar-refractivity contribution in [2.75, 3.05) is 39.0 Å². The van der Waals surface area contributed by atoms with Crippen LogP contribution >= 0.6 is 45.2 Å². The molecule has 1 aliphatic heterocycles. The van der Waals surface area contributed by atoms with Gasteiger partial charge in [-0.2, -0.15) is 0 Å². The van der Waals surface area contributed by atoms with Gasteiger partial charge in [-0.05, 0) is 134 Å². The average molecular weight is 649 g/mol. The summed E-state index contributed by atoms with van der Waals surface area (Å²) in [5.74, 6) is 0.510. The van der Waals surface area contributed by atoms with Gasteiger partial charge < -0.3 is 15.5 Å². The maximum atomic E-state index is 14.5. The first-order chi connectivity index (χ1) is 14.8. The molecule has 0 unspecified atom stereocenters. The second-order valence-electron chi connectivity index (χ2n) is 8.77. The smallest absolute Gasteiger partial charge is 0.235 e. The molecule has 2 aromatic carbocycles. The first kappa shape index (κ1) is 25.2. The van der Waals surface area contributed by atoms with Crippen LogP contribution in [-0.4, -0.2) is 38.6 Å². The number of hydrogen-bond acceptors (Lipinski definition) is 3. The monoisotopic (exact) mass is 649 g/mol. The van der Waals surface area contributed by atoms with Crippen molar-refractivity contribution in [3.05, 3.63) is 65.2 Å². The van der Waals surface area contributed by atoms with Gasteiger partial charge in [0.1, 0.15) is 0 Å². The highest BCUT2D eigenvalue weighted by molar-refractivity contribution is 14.2. The molecule has 1 heterocycles. The van der Waals surface area contributed by atoms with Crippen LogP contribution in [0.4, 0.5) is 10.1 Å². The number of nitrogens with one attached hydrogen (secondary N) is 2. The summed E-state index contributed by atoms with van der Waals surface area (Å²) in [6.07, 6.45) is 5.76. The van der Waals surface area contributed by atoms with E-state index >= 15 is 0 Å². The Balaban J connectivity index is 1.61. The number of nitrogens with zero attached hydrogens (tertiary/aromatic N) is 1. The lowest BCUT2D eigenvalue weighted by atomic mass is 9.80. The molecule has 0 saturated heterocycles. The van der Waals surface area contributed by atoms with Crippen molar-refractivity contribution in [2.45, 2.75) is 39.8 Å². The predicted octanol–water partition coefficient (Wildman–Crippen LogP) is 6.67. The number of hydrogen-bond donors (Lipinski definition) is 2. The van der Waals surface area contributed by atoms with Crippen LogP contribution in [0, 0.1) is 5.92 Å². The number of fused-ring (bicyclic) bond motifs is 1. The van der Waals surface area contributed by atoms with E-state index in [1.165, 1.54) is 36.8 Å². The Labute approximate surface area is 214 Å². The highest BCUT2D eigenvalue weighted by Crippen LogP contribution is 2.45. The number of halogens is 3. The van der Waals surface area contributed by atoms with E-state index in [-0.39, 0.29) is 0 Å². The van der Waals surface area contributed by atoms with Crippen LogP contribution in [0.15, 0.2) is 48.5 Å². The maximum Gasteiger partial charge on any atom is 0.235 e. The lowest BCUT2D eigenvalue weighted by Gasteiger charge is -2.36. The van der Waals surface area contributed by atoms with Gasteiger partial charge >= 0.3 is 0 Å². The summed E-state index contributed by atoms with van der Waals surface area (Å²) in [6.45, 7) is 3.30. The SMILES string of the molecule is CN(C)CCCNCCCC[C@@H]1Cc2cc(C(F)(I)I)ccc2N[C@H]1c1ccccc1. The van der Waals surface area contributed by atoms with E-state index in [4.69, 9.17) is 0 Å². The van der Waals surface area contributed by atoms with Crippen molar-refractivity contribution in [2.24, 2.45) is 5.92 Å². The third-order valence-electron chi connectivity index (χ3n) is 5.99. The summed E-state index contributed by atoms with van der Waals surface area (Å²) >= 11 is 3.74. The van der Waals surface area contributed by atoms with Crippen LogP contribution in [0.25, 0.3) is 0 Å². The molecular weight excluding hydrogens is 615 g/mol. The molecule has 2 atom stereocenters. The molecule has 3 nitrogen and oxygen atoms in total. The van der Waals surface area contributed by atoms with Crippen molar-refractivity contribution >= 4 is 50.9 Å². The fourth-order valence-corrected chi connectivity index (χ4v) is 5.02. The molecule has 2 aromatic rings. The normalized spacial score (nSPS) is 18.6. The molecule has 0 saturated carbocycles. The zero-order valence-electron chi connectivity index (χ0n) is 18.5. The summed E-state index contributed by atoms with van der Waals surface area (Å²) in [7, 11) is 4.24. The third-order valence-corrected chi connectivity index (χ3v) is 7.24. The van der Waals surface area contributed by atoms with Crippen molar-refractivity contribution in [3.8, 4) is 0 Å². The number of alkyl halides is 3. The molecule has 1 aliphatic rings. The van der Waals surface area contributed by atoms with Gasteiger partial charge in [0.25, 0.3) is 0 Å². The minimum Gasteiger partial charge on any atom is -0.378 e. The van der Waals surface area contributed by atoms with Gasteiger partial charge in [-0.15, -0.1) is 0 Å². The van der Waals surface area contributed by atoms with Crippen LogP contribution in [0.5, 0.6) is 0 Å². The van der Waals surface area contributed by atoms with Crippen LogP contribution in [0.3, 0.4) is 0 Å². The molecule has 0 bridgehead atoms. The van der Waals surface area contributed by atoms with Gasteiger partial charge in [-0.25, -0.2) is 4.39 Å². The molecule has 0 fully saturated rings. The average Bonchev–Trinajstić information content (AvgIpc) is 2.74. The van der Waals surface area contributed by atoms with Gasteiger partial charge in [-0.3, -0.25) is 0 Å². The minimum absolute atomic E-state index is 0.307. The van der Waals surface area contributed by atoms with E-state index in [2.05, 4.69) is 72.1 Å². The molecule has 2 N–H and O–H groups in total. The van der Waals surface area contributed by atoms with Gasteiger partial charge in [0.15, 0.2) is 0 Å². The van der Waals surface area contributed by atoms with Crippen LogP contribution in [-0.2, 0) is 8.10 Å². The van der Waals surface area contributed by atoms with E-state index in [1.54, 1.807) is 0 Å². The van der Waals surface area contributed by atoms with Crippen molar-refractivity contribution in [1.29, 1.82) is 0 Å². The lowest BCUT2D eigenvalue weighted by molar-refractivity contribution is 0.382. The van der Waals surface area contributed by atoms with Gasteiger partial charge in [0, 0.05) is 11.3 Å². The highest BCUT2D eigenvalue weighted by atomic mass is 127. The highest BCUT2D eigenvalue weighted by Gasteiger charge is 2.31. The number of benzene rings is 2. The molecule has 31 heavy (non-hydrogen) atoms. The molecule has 170 valence electrons. The largest absolute Gasteiger partial charge is 0.378 e. The Hall–Kier alpha value is -0.450. The summed E-state index contributed by atoms with van der Waals surface area (Å²) in [5.41, 5.74) is 4.47. The number of unbranched alkanes of at least 4 members (excludes halogenated alkanes) is 1. The molecular formula is C25H34FI2N3. The van der Waals surface area contributed by atoms with E-state index < -0.39 is 1.68 Å². The minimum atomic E-state index is -1.37. The zero-order chi connectivity index (χ0) is 22.3. The number of rotatable bonds is 11. The lowest BCUT2D eigenvalue weighted by Crippen LogP contribution is -2.28. The molecule has 0 spiro atoms. The number of anilines is 1. The Morgan fingerprint density at radius 3 is 2.52 bits per heavy atom. The Kier molecular flexibility index (Phi) is 9.86. The summed E-state index contributed by atoms with van der Waals surface area (Å²) < 4.78 is 13.1. The van der Waals surface area contributed by atoms with Crippen molar-refractivity contribution in [1.82, 2.24) is 10.2 Å². The standard InChI is InChI=1S/C25H34FI2N3/c1-31(2)16-8-15-29-14-7-6-11-20-17-21-18-22(25(26,27)28)12-13-23(21)30-24(20)19-9-4-3-5-10-19/h3-5,9-10,12-13,18,20,24,29-30H,6-8,11,14-17H2,1-2H3/t20-,24+/m1/s1. The van der Waals surface area contributed by atoms with Crippen LogP contribution < -0.4 is 10.6 Å². The molecule has 0 radical (unpaired) electrons. The molecule has 0 amide bonds. The maximum absolute atomic E-state index is 14.5. The zero-order valence-corrected chi connectivity index (χ0v) is 22.8. The Morgan fingerprint density at radius 2 is 1.81 bits per heavy atom. The first-order valence-electron chi connectivity index (χ1n) is 11.2. The van der Waals surface area contributed by atoms with E-state index in [0.29, 0.717) is 12.0 Å². The predicted molar refractivity (Wildman–Crippen MR) is 147 cm³/mol. The Bertz CT molecular complexity index is 808.